The fraction of sp³-hybridized carbons (Fsp3) is 0.312. The molecule has 0 spiro atoms. The summed E-state index contributed by atoms with van der Waals surface area (Å²) in [6.07, 6.45) is 2.72. The summed E-state index contributed by atoms with van der Waals surface area (Å²) in [7, 11) is 1.93. The Labute approximate surface area is 132 Å². The molecule has 1 atom stereocenters. The Morgan fingerprint density at radius 1 is 1.14 bits per heavy atom. The number of halogens is 1. The van der Waals surface area contributed by atoms with Crippen LogP contribution >= 0.6 is 15.9 Å². The quantitative estimate of drug-likeness (QED) is 0.923. The van der Waals surface area contributed by atoms with Gasteiger partial charge >= 0.3 is 0 Å². The SMILES string of the molecule is CNC(c1ccc2c(c1)OCCCO2)c1ccc(Br)cn1. The maximum absolute atomic E-state index is 5.76. The van der Waals surface area contributed by atoms with Crippen molar-refractivity contribution in [2.75, 3.05) is 20.3 Å². The molecule has 1 aromatic carbocycles. The second-order valence-electron chi connectivity index (χ2n) is 4.88. The third kappa shape index (κ3) is 3.19. The minimum atomic E-state index is 0.0234. The van der Waals surface area contributed by atoms with Gasteiger partial charge in [0.15, 0.2) is 11.5 Å². The molecular weight excluding hydrogens is 332 g/mol. The number of hydrogen-bond donors (Lipinski definition) is 1. The van der Waals surface area contributed by atoms with E-state index in [4.69, 9.17) is 9.47 Å². The van der Waals surface area contributed by atoms with Crippen molar-refractivity contribution in [1.82, 2.24) is 10.3 Å². The molecule has 110 valence electrons. The van der Waals surface area contributed by atoms with E-state index in [0.29, 0.717) is 13.2 Å². The van der Waals surface area contributed by atoms with E-state index in [9.17, 15) is 0 Å². The molecule has 2 aromatic rings. The molecule has 2 heterocycles. The Hall–Kier alpha value is -1.59. The molecule has 1 N–H and O–H groups in total. The molecule has 0 amide bonds. The van der Waals surface area contributed by atoms with Crippen molar-refractivity contribution < 1.29 is 9.47 Å². The van der Waals surface area contributed by atoms with Crippen molar-refractivity contribution in [3.63, 3.8) is 0 Å². The predicted molar refractivity (Wildman–Crippen MR) is 84.9 cm³/mol. The van der Waals surface area contributed by atoms with Crippen molar-refractivity contribution in [3.8, 4) is 11.5 Å². The van der Waals surface area contributed by atoms with Gasteiger partial charge in [-0.05, 0) is 52.8 Å². The largest absolute Gasteiger partial charge is 0.490 e. The zero-order valence-electron chi connectivity index (χ0n) is 11.8. The molecule has 0 bridgehead atoms. The Kier molecular flexibility index (Phi) is 4.41. The minimum Gasteiger partial charge on any atom is -0.490 e. The van der Waals surface area contributed by atoms with Crippen molar-refractivity contribution >= 4 is 15.9 Å². The van der Waals surface area contributed by atoms with Crippen LogP contribution in [-0.2, 0) is 0 Å². The average molecular weight is 349 g/mol. The summed E-state index contributed by atoms with van der Waals surface area (Å²) in [6, 6.07) is 10.1. The summed E-state index contributed by atoms with van der Waals surface area (Å²) in [5.74, 6) is 1.62. The van der Waals surface area contributed by atoms with E-state index in [1.807, 2.05) is 37.5 Å². The zero-order chi connectivity index (χ0) is 14.7. The van der Waals surface area contributed by atoms with Crippen molar-refractivity contribution in [3.05, 3.63) is 52.3 Å². The monoisotopic (exact) mass is 348 g/mol. The van der Waals surface area contributed by atoms with Crippen LogP contribution in [0.15, 0.2) is 41.0 Å². The van der Waals surface area contributed by atoms with Crippen molar-refractivity contribution in [2.45, 2.75) is 12.5 Å². The predicted octanol–water partition coefficient (Wildman–Crippen LogP) is 3.31. The molecule has 1 aromatic heterocycles. The van der Waals surface area contributed by atoms with E-state index in [0.717, 1.165) is 33.6 Å². The van der Waals surface area contributed by atoms with E-state index in [-0.39, 0.29) is 6.04 Å². The summed E-state index contributed by atoms with van der Waals surface area (Å²) >= 11 is 3.41. The summed E-state index contributed by atoms with van der Waals surface area (Å²) in [4.78, 5) is 4.47. The molecule has 0 fully saturated rings. The molecular formula is C16H17BrN2O2. The molecule has 21 heavy (non-hydrogen) atoms. The zero-order valence-corrected chi connectivity index (χ0v) is 13.4. The van der Waals surface area contributed by atoms with Crippen LogP contribution in [0.1, 0.15) is 23.7 Å². The highest BCUT2D eigenvalue weighted by Gasteiger charge is 2.17. The summed E-state index contributed by atoms with van der Waals surface area (Å²) < 4.78 is 12.4. The van der Waals surface area contributed by atoms with Crippen LogP contribution in [0.25, 0.3) is 0 Å². The highest BCUT2D eigenvalue weighted by molar-refractivity contribution is 9.10. The molecule has 0 saturated carbocycles. The van der Waals surface area contributed by atoms with Crippen molar-refractivity contribution in [1.29, 1.82) is 0 Å². The van der Waals surface area contributed by atoms with Gasteiger partial charge in [-0.25, -0.2) is 0 Å². The standard InChI is InChI=1S/C16H17BrN2O2/c1-18-16(13-5-4-12(17)10-19-13)11-3-6-14-15(9-11)21-8-2-7-20-14/h3-6,9-10,16,18H,2,7-8H2,1H3. The Morgan fingerprint density at radius 2 is 1.95 bits per heavy atom. The van der Waals surface area contributed by atoms with Gasteiger partial charge in [0.2, 0.25) is 0 Å². The Balaban J connectivity index is 1.93. The Bertz CT molecular complexity index is 616. The number of nitrogens with one attached hydrogen (secondary N) is 1. The minimum absolute atomic E-state index is 0.0234. The maximum atomic E-state index is 5.76. The number of ether oxygens (including phenoxy) is 2. The van der Waals surface area contributed by atoms with E-state index < -0.39 is 0 Å². The number of nitrogens with zero attached hydrogens (tertiary/aromatic N) is 1. The second-order valence-corrected chi connectivity index (χ2v) is 5.80. The smallest absolute Gasteiger partial charge is 0.161 e. The molecule has 0 radical (unpaired) electrons. The van der Waals surface area contributed by atoms with E-state index >= 15 is 0 Å². The molecule has 4 nitrogen and oxygen atoms in total. The lowest BCUT2D eigenvalue weighted by atomic mass is 10.0. The lowest BCUT2D eigenvalue weighted by Gasteiger charge is -2.18. The third-order valence-corrected chi connectivity index (χ3v) is 3.91. The van der Waals surface area contributed by atoms with E-state index in [1.54, 1.807) is 0 Å². The first-order valence-electron chi connectivity index (χ1n) is 6.96. The average Bonchev–Trinajstić information content (AvgIpc) is 2.75. The van der Waals surface area contributed by atoms with Crippen LogP contribution in [0.2, 0.25) is 0 Å². The van der Waals surface area contributed by atoms with Gasteiger partial charge < -0.3 is 14.8 Å². The number of rotatable bonds is 3. The Morgan fingerprint density at radius 3 is 2.67 bits per heavy atom. The number of hydrogen-bond acceptors (Lipinski definition) is 4. The summed E-state index contributed by atoms with van der Waals surface area (Å²) in [5, 5.41) is 3.30. The number of aromatic nitrogens is 1. The van der Waals surface area contributed by atoms with Crippen molar-refractivity contribution in [2.24, 2.45) is 0 Å². The molecule has 0 saturated heterocycles. The highest BCUT2D eigenvalue weighted by Crippen LogP contribution is 2.33. The first-order chi connectivity index (χ1) is 10.3. The van der Waals surface area contributed by atoms with Crippen LogP contribution in [0, 0.1) is 0 Å². The van der Waals surface area contributed by atoms with E-state index in [1.165, 1.54) is 0 Å². The highest BCUT2D eigenvalue weighted by atomic mass is 79.9. The van der Waals surface area contributed by atoms with Gasteiger partial charge in [0, 0.05) is 17.1 Å². The summed E-state index contributed by atoms with van der Waals surface area (Å²) in [5.41, 5.74) is 2.08. The van der Waals surface area contributed by atoms with Gasteiger partial charge in [-0.15, -0.1) is 0 Å². The number of benzene rings is 1. The number of fused-ring (bicyclic) bond motifs is 1. The number of pyridine rings is 1. The van der Waals surface area contributed by atoms with E-state index in [2.05, 4.69) is 32.3 Å². The molecule has 0 aliphatic carbocycles. The van der Waals surface area contributed by atoms with Crippen LogP contribution in [-0.4, -0.2) is 25.2 Å². The fourth-order valence-electron chi connectivity index (χ4n) is 2.40. The first-order valence-corrected chi connectivity index (χ1v) is 7.75. The van der Waals surface area contributed by atoms with Gasteiger partial charge in [0.1, 0.15) is 0 Å². The third-order valence-electron chi connectivity index (χ3n) is 3.44. The topological polar surface area (TPSA) is 43.4 Å². The second kappa shape index (κ2) is 6.45. The lowest BCUT2D eigenvalue weighted by Crippen LogP contribution is -2.18. The molecule has 1 aliphatic heterocycles. The van der Waals surface area contributed by atoms with Gasteiger partial charge in [-0.2, -0.15) is 0 Å². The van der Waals surface area contributed by atoms with Crippen LogP contribution in [0.5, 0.6) is 11.5 Å². The fourth-order valence-corrected chi connectivity index (χ4v) is 2.64. The van der Waals surface area contributed by atoms with Gasteiger partial charge in [-0.3, -0.25) is 4.98 Å². The van der Waals surface area contributed by atoms with Gasteiger partial charge in [-0.1, -0.05) is 6.07 Å². The van der Waals surface area contributed by atoms with Crippen LogP contribution < -0.4 is 14.8 Å². The lowest BCUT2D eigenvalue weighted by molar-refractivity contribution is 0.297. The van der Waals surface area contributed by atoms with Crippen LogP contribution in [0.3, 0.4) is 0 Å². The molecule has 1 aliphatic rings. The summed E-state index contributed by atoms with van der Waals surface area (Å²) in [6.45, 7) is 1.40. The maximum Gasteiger partial charge on any atom is 0.161 e. The van der Waals surface area contributed by atoms with Gasteiger partial charge in [0.05, 0.1) is 24.9 Å². The van der Waals surface area contributed by atoms with Crippen LogP contribution in [0.4, 0.5) is 0 Å². The molecule has 1 unspecified atom stereocenters. The normalized spacial score (nSPS) is 15.3. The van der Waals surface area contributed by atoms with Gasteiger partial charge in [0.25, 0.3) is 0 Å². The molecule has 5 heteroatoms. The first kappa shape index (κ1) is 14.4. The molecule has 3 rings (SSSR count).